The Labute approximate surface area is 184 Å². The van der Waals surface area contributed by atoms with Gasteiger partial charge in [0, 0.05) is 6.54 Å². The Kier molecular flexibility index (Phi) is 7.19. The molecule has 0 unspecified atom stereocenters. The molecule has 162 valence electrons. The van der Waals surface area contributed by atoms with E-state index >= 15 is 0 Å². The van der Waals surface area contributed by atoms with Gasteiger partial charge in [-0.25, -0.2) is 9.37 Å². The second kappa shape index (κ2) is 10.0. The van der Waals surface area contributed by atoms with Gasteiger partial charge in [-0.05, 0) is 60.3 Å². The number of hydrogen-bond donors (Lipinski definition) is 3. The fourth-order valence-corrected chi connectivity index (χ4v) is 4.06. The number of imidazole rings is 1. The molecule has 4 N–H and O–H groups in total. The molecule has 0 bridgehead atoms. The highest BCUT2D eigenvalue weighted by molar-refractivity contribution is 7.99. The van der Waals surface area contributed by atoms with Gasteiger partial charge < -0.3 is 25.1 Å². The van der Waals surface area contributed by atoms with Crippen LogP contribution in [0.2, 0.25) is 0 Å². The number of ether oxygens (including phenoxy) is 2. The third-order valence-corrected chi connectivity index (χ3v) is 5.57. The highest BCUT2D eigenvalue weighted by Gasteiger charge is 2.21. The molecule has 0 aliphatic heterocycles. The first kappa shape index (κ1) is 22.2. The molecule has 9 heteroatoms. The first-order valence-electron chi connectivity index (χ1n) is 9.43. The number of anilines is 1. The van der Waals surface area contributed by atoms with E-state index in [0.717, 1.165) is 10.5 Å². The van der Waals surface area contributed by atoms with Gasteiger partial charge >= 0.3 is 0 Å². The number of aromatic nitrogens is 2. The van der Waals surface area contributed by atoms with Crippen molar-refractivity contribution in [1.82, 2.24) is 9.55 Å². The van der Waals surface area contributed by atoms with Gasteiger partial charge in [-0.1, -0.05) is 18.7 Å². The van der Waals surface area contributed by atoms with Crippen LogP contribution in [0.25, 0.3) is 0 Å². The van der Waals surface area contributed by atoms with Crippen LogP contribution in [0.1, 0.15) is 11.3 Å². The second-order valence-corrected chi connectivity index (χ2v) is 7.51. The van der Waals surface area contributed by atoms with Crippen LogP contribution in [-0.2, 0) is 13.0 Å². The fourth-order valence-electron chi connectivity index (χ4n) is 3.00. The molecule has 3 aromatic rings. The van der Waals surface area contributed by atoms with Crippen molar-refractivity contribution in [3.05, 3.63) is 72.3 Å². The van der Waals surface area contributed by atoms with E-state index in [9.17, 15) is 4.39 Å². The van der Waals surface area contributed by atoms with E-state index in [1.165, 1.54) is 30.1 Å². The normalized spacial score (nSPS) is 10.5. The summed E-state index contributed by atoms with van der Waals surface area (Å²) in [5.41, 5.74) is 7.08. The minimum atomic E-state index is -0.277. The molecule has 3 rings (SSSR count). The minimum absolute atomic E-state index is 0.163. The van der Waals surface area contributed by atoms with Crippen LogP contribution >= 0.6 is 11.8 Å². The van der Waals surface area contributed by atoms with Crippen molar-refractivity contribution in [3.8, 4) is 11.5 Å². The average molecular weight is 442 g/mol. The van der Waals surface area contributed by atoms with Crippen molar-refractivity contribution in [3.63, 3.8) is 0 Å². The predicted molar refractivity (Wildman–Crippen MR) is 121 cm³/mol. The second-order valence-electron chi connectivity index (χ2n) is 6.50. The first-order valence-corrected chi connectivity index (χ1v) is 10.2. The summed E-state index contributed by atoms with van der Waals surface area (Å²) in [4.78, 5) is 5.39. The topological polar surface area (TPSA) is 98.2 Å². The van der Waals surface area contributed by atoms with Crippen molar-refractivity contribution in [1.29, 1.82) is 5.41 Å². The number of methoxy groups -OCH3 is 2. The molecular weight excluding hydrogens is 417 g/mol. The summed E-state index contributed by atoms with van der Waals surface area (Å²) >= 11 is 1.37. The fraction of sp³-hybridized carbons (Fsp3) is 0.182. The average Bonchev–Trinajstić information content (AvgIpc) is 3.10. The van der Waals surface area contributed by atoms with Crippen LogP contribution < -0.4 is 20.5 Å². The summed E-state index contributed by atoms with van der Waals surface area (Å²) in [7, 11) is 3.19. The smallest absolute Gasteiger partial charge is 0.175 e. The summed E-state index contributed by atoms with van der Waals surface area (Å²) in [6, 6.07) is 11.9. The van der Waals surface area contributed by atoms with Crippen molar-refractivity contribution < 1.29 is 13.9 Å². The van der Waals surface area contributed by atoms with Crippen molar-refractivity contribution in [2.24, 2.45) is 5.73 Å². The number of rotatable bonds is 10. The van der Waals surface area contributed by atoms with Gasteiger partial charge in [0.1, 0.15) is 34.7 Å². The highest BCUT2D eigenvalue weighted by atomic mass is 32.2. The Bertz CT molecular complexity index is 1080. The van der Waals surface area contributed by atoms with E-state index < -0.39 is 0 Å². The number of nitrogens with one attached hydrogen (secondary N) is 2. The third kappa shape index (κ3) is 5.18. The summed E-state index contributed by atoms with van der Waals surface area (Å²) in [5, 5.41) is 11.6. The number of nitrogen functional groups attached to an aromatic ring is 1. The van der Waals surface area contributed by atoms with Gasteiger partial charge in [0.2, 0.25) is 0 Å². The maximum absolute atomic E-state index is 13.2. The monoisotopic (exact) mass is 441 g/mol. The van der Waals surface area contributed by atoms with Gasteiger partial charge in [-0.2, -0.15) is 0 Å². The number of hydrogen-bond acceptors (Lipinski definition) is 6. The molecule has 31 heavy (non-hydrogen) atoms. The first-order chi connectivity index (χ1) is 15.0. The van der Waals surface area contributed by atoms with E-state index in [-0.39, 0.29) is 11.7 Å². The Morgan fingerprint density at radius 2 is 2.00 bits per heavy atom. The summed E-state index contributed by atoms with van der Waals surface area (Å²) in [5.74, 6) is 1.48. The van der Waals surface area contributed by atoms with Gasteiger partial charge in [0.15, 0.2) is 5.16 Å². The lowest BCUT2D eigenvalue weighted by Crippen LogP contribution is -2.14. The zero-order valence-electron chi connectivity index (χ0n) is 17.3. The van der Waals surface area contributed by atoms with E-state index in [1.54, 1.807) is 26.4 Å². The lowest BCUT2D eigenvalue weighted by molar-refractivity contribution is 0.394. The van der Waals surface area contributed by atoms with Gasteiger partial charge in [0.05, 0.1) is 19.1 Å². The van der Waals surface area contributed by atoms with E-state index in [4.69, 9.17) is 20.6 Å². The van der Waals surface area contributed by atoms with Crippen molar-refractivity contribution >= 4 is 23.4 Å². The zero-order valence-corrected chi connectivity index (χ0v) is 18.1. The highest BCUT2D eigenvalue weighted by Crippen LogP contribution is 2.38. The molecule has 0 aliphatic carbocycles. The maximum Gasteiger partial charge on any atom is 0.175 e. The summed E-state index contributed by atoms with van der Waals surface area (Å²) in [6.07, 6.45) is 2.14. The molecule has 0 amide bonds. The zero-order chi connectivity index (χ0) is 22.4. The number of nitrogens with zero attached hydrogens (tertiary/aromatic N) is 2. The van der Waals surface area contributed by atoms with Gasteiger partial charge in [-0.3, -0.25) is 5.41 Å². The molecule has 0 aliphatic rings. The van der Waals surface area contributed by atoms with Crippen LogP contribution in [0.5, 0.6) is 11.5 Å². The molecule has 0 saturated carbocycles. The molecule has 0 fully saturated rings. The lowest BCUT2D eigenvalue weighted by atomic mass is 10.1. The van der Waals surface area contributed by atoms with Crippen molar-refractivity contribution in [2.75, 3.05) is 19.5 Å². The van der Waals surface area contributed by atoms with Gasteiger partial charge in [0.25, 0.3) is 0 Å². The molecule has 2 aromatic carbocycles. The molecule has 0 radical (unpaired) electrons. The Morgan fingerprint density at radius 3 is 2.61 bits per heavy atom. The Balaban J connectivity index is 2.02. The SMILES string of the molecule is C=CNc1c(C(=N)N)nc(Sc2cc(OC)ccc2OC)n1CCc1ccc(F)cc1. The Hall–Kier alpha value is -3.46. The summed E-state index contributed by atoms with van der Waals surface area (Å²) < 4.78 is 26.0. The maximum atomic E-state index is 13.2. The van der Waals surface area contributed by atoms with E-state index in [0.29, 0.717) is 41.1 Å². The molecule has 0 saturated heterocycles. The minimum Gasteiger partial charge on any atom is -0.497 e. The van der Waals surface area contributed by atoms with E-state index in [1.807, 2.05) is 22.8 Å². The molecule has 0 atom stereocenters. The number of aryl methyl sites for hydroxylation is 1. The number of halogens is 1. The molecule has 0 spiro atoms. The Morgan fingerprint density at radius 1 is 1.26 bits per heavy atom. The van der Waals surface area contributed by atoms with Crippen LogP contribution in [-0.4, -0.2) is 29.6 Å². The predicted octanol–water partition coefficient (Wildman–Crippen LogP) is 4.27. The van der Waals surface area contributed by atoms with Crippen LogP contribution in [0.3, 0.4) is 0 Å². The molecule has 1 aromatic heterocycles. The van der Waals surface area contributed by atoms with Crippen LogP contribution in [0, 0.1) is 11.2 Å². The van der Waals surface area contributed by atoms with Crippen molar-refractivity contribution in [2.45, 2.75) is 23.0 Å². The van der Waals surface area contributed by atoms with Crippen LogP contribution in [0.4, 0.5) is 10.2 Å². The molecule has 1 heterocycles. The van der Waals surface area contributed by atoms with E-state index in [2.05, 4.69) is 16.9 Å². The lowest BCUT2D eigenvalue weighted by Gasteiger charge is -2.14. The van der Waals surface area contributed by atoms with Crippen LogP contribution in [0.15, 0.2) is 65.3 Å². The number of amidine groups is 1. The molecule has 7 nitrogen and oxygen atoms in total. The quantitative estimate of drug-likeness (QED) is 0.321. The van der Waals surface area contributed by atoms with Gasteiger partial charge in [-0.15, -0.1) is 0 Å². The number of nitrogens with two attached hydrogens (primary N) is 1. The molecular formula is C22H24FN5O2S. The standard InChI is InChI=1S/C22H24FN5O2S/c1-4-26-21-19(20(24)25)27-22(28(21)12-11-14-5-7-15(23)8-6-14)31-18-13-16(29-2)9-10-17(18)30-3/h4-10,13,26H,1,11-12H2,2-3H3,(H3,24,25). The largest absolute Gasteiger partial charge is 0.497 e. The number of benzene rings is 2. The third-order valence-electron chi connectivity index (χ3n) is 4.54. The summed E-state index contributed by atoms with van der Waals surface area (Å²) in [6.45, 7) is 4.24.